The summed E-state index contributed by atoms with van der Waals surface area (Å²) in [6.45, 7) is 0. The van der Waals surface area contributed by atoms with Crippen LogP contribution in [0, 0.1) is 0 Å². The molecule has 0 N–H and O–H groups in total. The quantitative estimate of drug-likeness (QED) is 0.173. The summed E-state index contributed by atoms with van der Waals surface area (Å²) in [6, 6.07) is 87.4. The zero-order valence-corrected chi connectivity index (χ0v) is 37.8. The number of para-hydroxylation sites is 6. The predicted molar refractivity (Wildman–Crippen MR) is 285 cm³/mol. The molecular weight excluding hydrogens is 853 g/mol. The Kier molecular flexibility index (Phi) is 8.18. The zero-order valence-electron chi connectivity index (χ0n) is 37.8. The lowest BCUT2D eigenvalue weighted by atomic mass is 9.64. The lowest BCUT2D eigenvalue weighted by Gasteiger charge is -2.45. The van der Waals surface area contributed by atoms with Gasteiger partial charge in [-0.2, -0.15) is 9.97 Å². The molecule has 6 heteroatoms. The molecule has 2 aliphatic rings. The van der Waals surface area contributed by atoms with Crippen LogP contribution in [0.15, 0.2) is 243 Å². The van der Waals surface area contributed by atoms with Crippen LogP contribution in [0.4, 0.5) is 17.1 Å². The molecule has 1 aliphatic heterocycles. The maximum absolute atomic E-state index is 5.55. The van der Waals surface area contributed by atoms with Gasteiger partial charge in [0.2, 0.25) is 5.95 Å². The summed E-state index contributed by atoms with van der Waals surface area (Å²) in [7, 11) is 0. The molecule has 0 saturated carbocycles. The van der Waals surface area contributed by atoms with Gasteiger partial charge in [0.1, 0.15) is 0 Å². The molecule has 0 radical (unpaired) electrons. The van der Waals surface area contributed by atoms with Gasteiger partial charge in [0, 0.05) is 44.0 Å². The van der Waals surface area contributed by atoms with Crippen LogP contribution in [0.3, 0.4) is 0 Å². The van der Waals surface area contributed by atoms with E-state index >= 15 is 0 Å². The number of nitrogens with zero attached hydrogens (tertiary/aromatic N) is 6. The highest BCUT2D eigenvalue weighted by Gasteiger charge is 2.51. The Bertz CT molecular complexity index is 4200. The Hall–Kier alpha value is -9.39. The minimum Gasteiger partial charge on any atom is -0.310 e. The zero-order chi connectivity index (χ0) is 45.9. The Morgan fingerprint density at radius 3 is 1.47 bits per heavy atom. The number of benzene rings is 10. The molecule has 0 saturated heterocycles. The number of fused-ring (bicyclic) bond motifs is 15. The van der Waals surface area contributed by atoms with Crippen LogP contribution in [0.1, 0.15) is 22.3 Å². The monoisotopic (exact) mass is 892 g/mol. The fraction of sp³-hybridized carbons (Fsp3) is 0.0156. The van der Waals surface area contributed by atoms with Crippen LogP contribution in [0.2, 0.25) is 0 Å². The molecule has 0 unspecified atom stereocenters. The van der Waals surface area contributed by atoms with Gasteiger partial charge in [0.05, 0.1) is 38.9 Å². The molecular formula is C64H40N6. The van der Waals surface area contributed by atoms with Gasteiger partial charge >= 0.3 is 0 Å². The Balaban J connectivity index is 1.00. The lowest BCUT2D eigenvalue weighted by molar-refractivity contribution is 0.752. The molecule has 13 aromatic rings. The van der Waals surface area contributed by atoms with Crippen LogP contribution in [-0.4, -0.2) is 24.1 Å². The third-order valence-electron chi connectivity index (χ3n) is 14.8. The van der Waals surface area contributed by atoms with Crippen LogP contribution < -0.4 is 4.90 Å². The first-order valence-electron chi connectivity index (χ1n) is 23.9. The van der Waals surface area contributed by atoms with Gasteiger partial charge in [0.25, 0.3) is 0 Å². The number of hydrogen-bond donors (Lipinski definition) is 0. The maximum atomic E-state index is 5.55. The van der Waals surface area contributed by atoms with Gasteiger partial charge in [0.15, 0.2) is 11.6 Å². The van der Waals surface area contributed by atoms with Crippen molar-refractivity contribution in [3.05, 3.63) is 265 Å². The minimum atomic E-state index is -0.631. The second-order valence-corrected chi connectivity index (χ2v) is 18.3. The van der Waals surface area contributed by atoms with Gasteiger partial charge in [-0.15, -0.1) is 0 Å². The van der Waals surface area contributed by atoms with E-state index in [-0.39, 0.29) is 0 Å². The van der Waals surface area contributed by atoms with Crippen LogP contribution in [0.25, 0.3) is 89.2 Å². The highest BCUT2D eigenvalue weighted by atomic mass is 15.2. The van der Waals surface area contributed by atoms with E-state index in [1.54, 1.807) is 0 Å². The minimum absolute atomic E-state index is 0.558. The molecule has 0 amide bonds. The molecule has 10 aromatic carbocycles. The molecule has 15 rings (SSSR count). The molecule has 0 bridgehead atoms. The van der Waals surface area contributed by atoms with Crippen molar-refractivity contribution < 1.29 is 0 Å². The average molecular weight is 893 g/mol. The van der Waals surface area contributed by atoms with Crippen molar-refractivity contribution in [2.24, 2.45) is 0 Å². The first-order valence-corrected chi connectivity index (χ1v) is 23.9. The van der Waals surface area contributed by atoms with E-state index in [0.717, 1.165) is 66.7 Å². The van der Waals surface area contributed by atoms with Crippen molar-refractivity contribution in [3.63, 3.8) is 0 Å². The molecule has 4 heterocycles. The SMILES string of the molecule is c1ccc(-c2nc(-c3ccc4c(c3)C3(c5ccccc5-4)c4ccccc4N(c4ccccc4)c4ccccc43)nc(-n3c4ccccc4c4cc5c6ccccc6n(-c6ccccc6)c5cc43)n2)cc1. The first-order chi connectivity index (χ1) is 34.7. The smallest absolute Gasteiger partial charge is 0.238 e. The fourth-order valence-electron chi connectivity index (χ4n) is 11.9. The average Bonchev–Trinajstić information content (AvgIpc) is 4.05. The molecule has 0 atom stereocenters. The Labute approximate surface area is 403 Å². The van der Waals surface area contributed by atoms with Gasteiger partial charge in [-0.3, -0.25) is 4.57 Å². The van der Waals surface area contributed by atoms with E-state index in [4.69, 9.17) is 15.0 Å². The highest BCUT2D eigenvalue weighted by Crippen LogP contribution is 2.63. The predicted octanol–water partition coefficient (Wildman–Crippen LogP) is 15.5. The third-order valence-corrected chi connectivity index (χ3v) is 14.8. The van der Waals surface area contributed by atoms with E-state index < -0.39 is 5.41 Å². The van der Waals surface area contributed by atoms with Crippen molar-refractivity contribution in [2.45, 2.75) is 5.41 Å². The number of aromatic nitrogens is 5. The molecule has 1 aliphatic carbocycles. The summed E-state index contributed by atoms with van der Waals surface area (Å²) in [5, 5.41) is 4.68. The molecule has 6 nitrogen and oxygen atoms in total. The number of anilines is 3. The third kappa shape index (κ3) is 5.35. The van der Waals surface area contributed by atoms with Gasteiger partial charge in [-0.25, -0.2) is 4.98 Å². The standard InChI is InChI=1S/C64H40N6/c1-4-20-41(21-5-1)61-65-62(67-63(66-61)70-56-33-17-12-28-48(56)50-39-49-47-27-11-16-32-55(47)68(59(49)40-60(50)70)43-22-6-2-7-23-43)42-36-37-46-45-26-10-13-29-51(45)64(54(46)38-42)52-30-14-18-34-57(52)69(44-24-8-3-9-25-44)58-35-19-15-31-53(58)64/h1-40H. The summed E-state index contributed by atoms with van der Waals surface area (Å²) >= 11 is 0. The van der Waals surface area contributed by atoms with Crippen LogP contribution >= 0.6 is 0 Å². The lowest BCUT2D eigenvalue weighted by Crippen LogP contribution is -2.36. The van der Waals surface area contributed by atoms with Crippen molar-refractivity contribution >= 4 is 60.7 Å². The van der Waals surface area contributed by atoms with E-state index in [2.05, 4.69) is 238 Å². The summed E-state index contributed by atoms with van der Waals surface area (Å²) in [6.07, 6.45) is 0. The topological polar surface area (TPSA) is 51.8 Å². The van der Waals surface area contributed by atoms with E-state index in [9.17, 15) is 0 Å². The van der Waals surface area contributed by atoms with Gasteiger partial charge in [-0.05, 0) is 100 Å². The fourth-order valence-corrected chi connectivity index (χ4v) is 11.9. The molecule has 0 fully saturated rings. The van der Waals surface area contributed by atoms with E-state index in [1.165, 1.54) is 44.2 Å². The number of rotatable bonds is 5. The first kappa shape index (κ1) is 38.7. The Morgan fingerprint density at radius 1 is 0.300 bits per heavy atom. The number of hydrogen-bond acceptors (Lipinski definition) is 4. The van der Waals surface area contributed by atoms with Gasteiger partial charge in [-0.1, -0.05) is 176 Å². The van der Waals surface area contributed by atoms with Crippen LogP contribution in [-0.2, 0) is 5.41 Å². The van der Waals surface area contributed by atoms with Crippen molar-refractivity contribution in [3.8, 4) is 45.5 Å². The van der Waals surface area contributed by atoms with E-state index in [0.29, 0.717) is 17.6 Å². The Morgan fingerprint density at radius 2 is 0.800 bits per heavy atom. The molecule has 3 aromatic heterocycles. The normalized spacial score (nSPS) is 13.2. The second kappa shape index (κ2) is 14.8. The summed E-state index contributed by atoms with van der Waals surface area (Å²) < 4.78 is 4.62. The molecule has 70 heavy (non-hydrogen) atoms. The highest BCUT2D eigenvalue weighted by molar-refractivity contribution is 6.19. The molecule has 326 valence electrons. The van der Waals surface area contributed by atoms with Crippen molar-refractivity contribution in [1.29, 1.82) is 0 Å². The van der Waals surface area contributed by atoms with Gasteiger partial charge < -0.3 is 9.47 Å². The van der Waals surface area contributed by atoms with E-state index in [1.807, 2.05) is 18.2 Å². The van der Waals surface area contributed by atoms with Crippen LogP contribution in [0.5, 0.6) is 0 Å². The van der Waals surface area contributed by atoms with Crippen molar-refractivity contribution in [1.82, 2.24) is 24.1 Å². The van der Waals surface area contributed by atoms with Crippen molar-refractivity contribution in [2.75, 3.05) is 4.90 Å². The second-order valence-electron chi connectivity index (χ2n) is 18.3. The largest absolute Gasteiger partial charge is 0.310 e. The summed E-state index contributed by atoms with van der Waals surface area (Å²) in [4.78, 5) is 18.7. The summed E-state index contributed by atoms with van der Waals surface area (Å²) in [5.41, 5.74) is 17.4. The summed E-state index contributed by atoms with van der Waals surface area (Å²) in [5.74, 6) is 1.77. The maximum Gasteiger partial charge on any atom is 0.238 e. The molecule has 1 spiro atoms.